The van der Waals surface area contributed by atoms with Crippen LogP contribution in [0.5, 0.6) is 5.75 Å². The van der Waals surface area contributed by atoms with E-state index in [1.807, 2.05) is 6.92 Å². The predicted molar refractivity (Wildman–Crippen MR) is 70.3 cm³/mol. The Balaban J connectivity index is 2.60. The van der Waals surface area contributed by atoms with E-state index in [4.69, 9.17) is 9.84 Å². The molecular formula is C14H20FNO3. The normalized spacial score (nSPS) is 12.0. The smallest absolute Gasteiger partial charge is 0.260 e. The standard InChI is InChI=1S/C14H20FNO3/c1-3-4-7-16-14(18)10(2)19-13-6-5-12(15)8-11(13)9-17/h5-6,8,10,17H,3-4,7,9H2,1-2H3,(H,16,18). The quantitative estimate of drug-likeness (QED) is 0.744. The molecule has 0 saturated heterocycles. The molecule has 19 heavy (non-hydrogen) atoms. The zero-order valence-electron chi connectivity index (χ0n) is 11.3. The van der Waals surface area contributed by atoms with Crippen molar-refractivity contribution in [1.29, 1.82) is 0 Å². The van der Waals surface area contributed by atoms with Gasteiger partial charge in [-0.25, -0.2) is 4.39 Å². The first-order chi connectivity index (χ1) is 9.08. The van der Waals surface area contributed by atoms with Gasteiger partial charge in [0.2, 0.25) is 0 Å². The van der Waals surface area contributed by atoms with Crippen molar-refractivity contribution in [2.75, 3.05) is 6.54 Å². The van der Waals surface area contributed by atoms with Gasteiger partial charge in [0, 0.05) is 12.1 Å². The topological polar surface area (TPSA) is 58.6 Å². The van der Waals surface area contributed by atoms with Crippen molar-refractivity contribution in [2.45, 2.75) is 39.4 Å². The van der Waals surface area contributed by atoms with Gasteiger partial charge in [-0.3, -0.25) is 4.79 Å². The average molecular weight is 269 g/mol. The highest BCUT2D eigenvalue weighted by Crippen LogP contribution is 2.21. The molecule has 0 aromatic heterocycles. The number of amides is 1. The molecule has 1 aromatic rings. The van der Waals surface area contributed by atoms with E-state index < -0.39 is 11.9 Å². The summed E-state index contributed by atoms with van der Waals surface area (Å²) in [6.45, 7) is 3.93. The Morgan fingerprint density at radius 3 is 2.89 bits per heavy atom. The molecule has 1 atom stereocenters. The molecule has 0 radical (unpaired) electrons. The van der Waals surface area contributed by atoms with Crippen molar-refractivity contribution < 1.29 is 19.0 Å². The summed E-state index contributed by atoms with van der Waals surface area (Å²) in [5.74, 6) is -0.347. The van der Waals surface area contributed by atoms with Crippen LogP contribution in [-0.2, 0) is 11.4 Å². The van der Waals surface area contributed by atoms with Gasteiger partial charge in [0.25, 0.3) is 5.91 Å². The lowest BCUT2D eigenvalue weighted by atomic mass is 10.2. The molecule has 4 nitrogen and oxygen atoms in total. The summed E-state index contributed by atoms with van der Waals surface area (Å²) in [5.41, 5.74) is 0.327. The van der Waals surface area contributed by atoms with Crippen molar-refractivity contribution in [2.24, 2.45) is 0 Å². The van der Waals surface area contributed by atoms with Gasteiger partial charge in [0.05, 0.1) is 6.61 Å². The summed E-state index contributed by atoms with van der Waals surface area (Å²) in [5, 5.41) is 11.9. The summed E-state index contributed by atoms with van der Waals surface area (Å²) in [4.78, 5) is 11.7. The molecule has 5 heteroatoms. The van der Waals surface area contributed by atoms with E-state index in [1.54, 1.807) is 6.92 Å². The van der Waals surface area contributed by atoms with Crippen LogP contribution in [0, 0.1) is 5.82 Å². The summed E-state index contributed by atoms with van der Waals surface area (Å²) >= 11 is 0. The van der Waals surface area contributed by atoms with Crippen molar-refractivity contribution in [3.05, 3.63) is 29.6 Å². The molecule has 0 fully saturated rings. The van der Waals surface area contributed by atoms with Crippen LogP contribution >= 0.6 is 0 Å². The van der Waals surface area contributed by atoms with E-state index >= 15 is 0 Å². The number of aliphatic hydroxyl groups excluding tert-OH is 1. The summed E-state index contributed by atoms with van der Waals surface area (Å²) in [6, 6.07) is 3.84. The van der Waals surface area contributed by atoms with E-state index in [9.17, 15) is 9.18 Å². The maximum atomic E-state index is 13.0. The fourth-order valence-corrected chi connectivity index (χ4v) is 1.56. The number of hydrogen-bond donors (Lipinski definition) is 2. The van der Waals surface area contributed by atoms with Crippen molar-refractivity contribution in [3.63, 3.8) is 0 Å². The van der Waals surface area contributed by atoms with Crippen LogP contribution in [0.3, 0.4) is 0 Å². The van der Waals surface area contributed by atoms with E-state index in [1.165, 1.54) is 18.2 Å². The first-order valence-corrected chi connectivity index (χ1v) is 6.42. The number of carbonyl (C=O) groups is 1. The monoisotopic (exact) mass is 269 g/mol. The summed E-state index contributed by atoms with van der Waals surface area (Å²) in [7, 11) is 0. The number of carbonyl (C=O) groups excluding carboxylic acids is 1. The Labute approximate surface area is 112 Å². The molecule has 0 bridgehead atoms. The molecule has 1 aromatic carbocycles. The Morgan fingerprint density at radius 2 is 2.26 bits per heavy atom. The minimum atomic E-state index is -0.687. The van der Waals surface area contributed by atoms with Crippen molar-refractivity contribution >= 4 is 5.91 Å². The van der Waals surface area contributed by atoms with Gasteiger partial charge in [0.1, 0.15) is 11.6 Å². The molecule has 2 N–H and O–H groups in total. The number of unbranched alkanes of at least 4 members (excludes halogenated alkanes) is 1. The third-order valence-electron chi connectivity index (χ3n) is 2.70. The minimum absolute atomic E-state index is 0.221. The van der Waals surface area contributed by atoms with E-state index in [-0.39, 0.29) is 12.5 Å². The molecule has 0 saturated carbocycles. The Morgan fingerprint density at radius 1 is 1.53 bits per heavy atom. The lowest BCUT2D eigenvalue weighted by Gasteiger charge is -2.16. The molecular weight excluding hydrogens is 249 g/mol. The van der Waals surface area contributed by atoms with Crippen molar-refractivity contribution in [3.8, 4) is 5.75 Å². The number of aliphatic hydroxyl groups is 1. The second-order valence-corrected chi connectivity index (χ2v) is 4.31. The number of halogens is 1. The molecule has 1 unspecified atom stereocenters. The SMILES string of the molecule is CCCCNC(=O)C(C)Oc1ccc(F)cc1CO. The van der Waals surface area contributed by atoms with E-state index in [2.05, 4.69) is 5.32 Å². The highest BCUT2D eigenvalue weighted by molar-refractivity contribution is 5.80. The summed E-state index contributed by atoms with van der Waals surface area (Å²) < 4.78 is 18.4. The fourth-order valence-electron chi connectivity index (χ4n) is 1.56. The van der Waals surface area contributed by atoms with Crippen LogP contribution < -0.4 is 10.1 Å². The highest BCUT2D eigenvalue weighted by atomic mass is 19.1. The number of nitrogens with one attached hydrogen (secondary N) is 1. The zero-order valence-corrected chi connectivity index (χ0v) is 11.3. The maximum absolute atomic E-state index is 13.0. The molecule has 0 heterocycles. The van der Waals surface area contributed by atoms with Crippen LogP contribution in [0.25, 0.3) is 0 Å². The number of ether oxygens (including phenoxy) is 1. The summed E-state index contributed by atoms with van der Waals surface area (Å²) in [6.07, 6.45) is 1.23. The molecule has 1 amide bonds. The van der Waals surface area contributed by atoms with Crippen LogP contribution in [0.15, 0.2) is 18.2 Å². The molecule has 106 valence electrons. The first-order valence-electron chi connectivity index (χ1n) is 6.42. The second-order valence-electron chi connectivity index (χ2n) is 4.31. The Kier molecular flexibility index (Phi) is 6.29. The third-order valence-corrected chi connectivity index (χ3v) is 2.70. The average Bonchev–Trinajstić information content (AvgIpc) is 2.40. The van der Waals surface area contributed by atoms with Gasteiger partial charge >= 0.3 is 0 Å². The van der Waals surface area contributed by atoms with Crippen LogP contribution in [0.4, 0.5) is 4.39 Å². The van der Waals surface area contributed by atoms with Crippen LogP contribution in [0.1, 0.15) is 32.3 Å². The van der Waals surface area contributed by atoms with Gasteiger partial charge in [-0.2, -0.15) is 0 Å². The number of rotatable bonds is 7. The Hall–Kier alpha value is -1.62. The van der Waals surface area contributed by atoms with Crippen molar-refractivity contribution in [1.82, 2.24) is 5.32 Å². The van der Waals surface area contributed by atoms with Gasteiger partial charge < -0.3 is 15.2 Å². The predicted octanol–water partition coefficient (Wildman–Crippen LogP) is 2.00. The lowest BCUT2D eigenvalue weighted by Crippen LogP contribution is -2.36. The van der Waals surface area contributed by atoms with E-state index in [0.29, 0.717) is 17.9 Å². The Bertz CT molecular complexity index is 423. The van der Waals surface area contributed by atoms with Gasteiger partial charge in [-0.1, -0.05) is 13.3 Å². The molecule has 0 aliphatic heterocycles. The van der Waals surface area contributed by atoms with Gasteiger partial charge in [-0.15, -0.1) is 0 Å². The highest BCUT2D eigenvalue weighted by Gasteiger charge is 2.15. The van der Waals surface area contributed by atoms with E-state index in [0.717, 1.165) is 12.8 Å². The zero-order chi connectivity index (χ0) is 14.3. The molecule has 0 aliphatic rings. The van der Waals surface area contributed by atoms with Gasteiger partial charge in [-0.05, 0) is 31.5 Å². The number of hydrogen-bond acceptors (Lipinski definition) is 3. The fraction of sp³-hybridized carbons (Fsp3) is 0.500. The molecule has 0 aliphatic carbocycles. The molecule has 1 rings (SSSR count). The second kappa shape index (κ2) is 7.74. The lowest BCUT2D eigenvalue weighted by molar-refractivity contribution is -0.127. The third kappa shape index (κ3) is 4.87. The first kappa shape index (κ1) is 15.4. The minimum Gasteiger partial charge on any atom is -0.481 e. The maximum Gasteiger partial charge on any atom is 0.260 e. The molecule has 0 spiro atoms. The van der Waals surface area contributed by atoms with Crippen LogP contribution in [-0.4, -0.2) is 23.7 Å². The van der Waals surface area contributed by atoms with Crippen LogP contribution in [0.2, 0.25) is 0 Å². The number of benzene rings is 1. The largest absolute Gasteiger partial charge is 0.481 e. The van der Waals surface area contributed by atoms with Gasteiger partial charge in [0.15, 0.2) is 6.10 Å².